The molecule has 0 aliphatic carbocycles. The monoisotopic (exact) mass is 354 g/mol. The summed E-state index contributed by atoms with van der Waals surface area (Å²) in [4.78, 5) is 0. The molecule has 1 aromatic rings. The maximum absolute atomic E-state index is 2.53. The first-order valence-corrected chi connectivity index (χ1v) is 7.93. The highest BCUT2D eigenvalue weighted by molar-refractivity contribution is 14.1. The van der Waals surface area contributed by atoms with Crippen molar-refractivity contribution in [1.82, 2.24) is 0 Å². The Morgan fingerprint density at radius 2 is 1.72 bits per heavy atom. The van der Waals surface area contributed by atoms with Crippen LogP contribution in [0.4, 0.5) is 0 Å². The Kier molecular flexibility index (Phi) is 8.06. The van der Waals surface area contributed by atoms with E-state index in [0.717, 1.165) is 6.42 Å². The third-order valence-electron chi connectivity index (χ3n) is 2.88. The van der Waals surface area contributed by atoms with Gasteiger partial charge in [0.1, 0.15) is 0 Å². The van der Waals surface area contributed by atoms with Gasteiger partial charge in [0.25, 0.3) is 0 Å². The van der Waals surface area contributed by atoms with Gasteiger partial charge in [-0.2, -0.15) is 0 Å². The van der Waals surface area contributed by atoms with E-state index in [1.54, 1.807) is 9.15 Å². The fourth-order valence-electron chi connectivity index (χ4n) is 1.95. The lowest BCUT2D eigenvalue weighted by Crippen LogP contribution is -1.86. The largest absolute Gasteiger partial charge is 0.0798 e. The third kappa shape index (κ3) is 5.85. The molecule has 0 aliphatic heterocycles. The van der Waals surface area contributed by atoms with Crippen LogP contribution in [0.2, 0.25) is 0 Å². The Morgan fingerprint density at radius 3 is 2.33 bits per heavy atom. The summed E-state index contributed by atoms with van der Waals surface area (Å²) in [6, 6.07) is 10.5. The first-order chi connectivity index (χ1) is 8.77. The molecule has 0 saturated carbocycles. The van der Waals surface area contributed by atoms with Gasteiger partial charge in [-0.3, -0.25) is 0 Å². The van der Waals surface area contributed by atoms with E-state index in [1.165, 1.54) is 31.2 Å². The molecule has 0 aliphatic rings. The molecule has 0 unspecified atom stereocenters. The van der Waals surface area contributed by atoms with Gasteiger partial charge in [-0.1, -0.05) is 74.7 Å². The van der Waals surface area contributed by atoms with Gasteiger partial charge in [0.05, 0.1) is 0 Å². The molecule has 0 radical (unpaired) electrons. The van der Waals surface area contributed by atoms with E-state index in [4.69, 9.17) is 0 Å². The van der Waals surface area contributed by atoms with Crippen molar-refractivity contribution in [2.75, 3.05) is 0 Å². The molecule has 0 spiro atoms. The molecule has 0 bridgehead atoms. The highest BCUT2D eigenvalue weighted by Gasteiger charge is 2.01. The summed E-state index contributed by atoms with van der Waals surface area (Å²) in [5.41, 5.74) is 2.91. The molecule has 1 aromatic carbocycles. The second-order valence-electron chi connectivity index (χ2n) is 4.53. The quantitative estimate of drug-likeness (QED) is 0.499. The van der Waals surface area contributed by atoms with Crippen LogP contribution in [0.1, 0.15) is 51.5 Å². The maximum atomic E-state index is 2.53. The first kappa shape index (κ1) is 15.5. The summed E-state index contributed by atoms with van der Waals surface area (Å²) >= 11 is 2.53. The van der Waals surface area contributed by atoms with Crippen LogP contribution < -0.4 is 0 Å². The molecule has 1 rings (SSSR count). The van der Waals surface area contributed by atoms with Gasteiger partial charge in [-0.15, -0.1) is 0 Å². The fraction of sp³-hybridized carbons (Fsp3) is 0.412. The smallest absolute Gasteiger partial charge is 0.00990 e. The van der Waals surface area contributed by atoms with Crippen LogP contribution in [0.25, 0.3) is 6.08 Å². The molecular weight excluding hydrogens is 331 g/mol. The molecule has 0 atom stereocenters. The van der Waals surface area contributed by atoms with E-state index in [1.807, 2.05) is 0 Å². The molecule has 0 saturated heterocycles. The second kappa shape index (κ2) is 9.37. The van der Waals surface area contributed by atoms with Gasteiger partial charge in [-0.25, -0.2) is 0 Å². The van der Waals surface area contributed by atoms with Gasteiger partial charge in [-0.05, 0) is 51.0 Å². The minimum absolute atomic E-state index is 1.10. The summed E-state index contributed by atoms with van der Waals surface area (Å²) < 4.78 is 1.56. The number of rotatable bonds is 7. The Morgan fingerprint density at radius 1 is 1.06 bits per heavy atom. The minimum atomic E-state index is 1.10. The first-order valence-electron chi connectivity index (χ1n) is 6.85. The lowest BCUT2D eigenvalue weighted by Gasteiger charge is -2.07. The molecule has 0 aromatic heterocycles. The van der Waals surface area contributed by atoms with Gasteiger partial charge in [0.15, 0.2) is 0 Å². The van der Waals surface area contributed by atoms with Crippen LogP contribution in [0.15, 0.2) is 45.6 Å². The number of hydrogen-bond donors (Lipinski definition) is 0. The van der Waals surface area contributed by atoms with Crippen molar-refractivity contribution in [2.24, 2.45) is 0 Å². The van der Waals surface area contributed by atoms with Crippen molar-refractivity contribution in [2.45, 2.75) is 46.0 Å². The number of halogens is 1. The van der Waals surface area contributed by atoms with E-state index in [9.17, 15) is 0 Å². The summed E-state index contributed by atoms with van der Waals surface area (Å²) in [7, 11) is 0. The Hall–Kier alpha value is -0.570. The summed E-state index contributed by atoms with van der Waals surface area (Å²) in [5, 5.41) is 0. The maximum Gasteiger partial charge on any atom is -0.00990 e. The predicted octanol–water partition coefficient (Wildman–Crippen LogP) is 6.38. The normalized spacial score (nSPS) is 12.8. The predicted molar refractivity (Wildman–Crippen MR) is 91.0 cm³/mol. The summed E-state index contributed by atoms with van der Waals surface area (Å²) in [6.07, 6.45) is 10.6. The Balaban J connectivity index is 2.62. The Bertz CT molecular complexity index is 387. The Labute approximate surface area is 125 Å². The van der Waals surface area contributed by atoms with Crippen molar-refractivity contribution in [3.8, 4) is 0 Å². The highest BCUT2D eigenvalue weighted by atomic mass is 127. The van der Waals surface area contributed by atoms with E-state index in [0.29, 0.717) is 0 Å². The van der Waals surface area contributed by atoms with E-state index < -0.39 is 0 Å². The average molecular weight is 354 g/mol. The van der Waals surface area contributed by atoms with Gasteiger partial charge >= 0.3 is 0 Å². The zero-order chi connectivity index (χ0) is 13.2. The van der Waals surface area contributed by atoms with Gasteiger partial charge in [0, 0.05) is 0 Å². The zero-order valence-corrected chi connectivity index (χ0v) is 13.6. The summed E-state index contributed by atoms with van der Waals surface area (Å²) in [6.45, 7) is 4.51. The number of allylic oxidation sites excluding steroid dienone is 3. The van der Waals surface area contributed by atoms with Crippen molar-refractivity contribution in [1.29, 1.82) is 0 Å². The molecule has 18 heavy (non-hydrogen) atoms. The number of hydrogen-bond acceptors (Lipinski definition) is 0. The van der Waals surface area contributed by atoms with Gasteiger partial charge in [0.2, 0.25) is 0 Å². The van der Waals surface area contributed by atoms with E-state index in [2.05, 4.69) is 78.9 Å². The average Bonchev–Trinajstić information content (AvgIpc) is 2.39. The lowest BCUT2D eigenvalue weighted by molar-refractivity contribution is 0.851. The summed E-state index contributed by atoms with van der Waals surface area (Å²) in [5.74, 6) is 0. The molecule has 98 valence electrons. The zero-order valence-electron chi connectivity index (χ0n) is 11.5. The topological polar surface area (TPSA) is 0 Å². The molecule has 0 nitrogen and oxygen atoms in total. The molecule has 0 N–H and O–H groups in total. The molecule has 1 heteroatoms. The van der Waals surface area contributed by atoms with Crippen LogP contribution in [-0.4, -0.2) is 0 Å². The van der Waals surface area contributed by atoms with Crippen LogP contribution in [0.5, 0.6) is 0 Å². The SMILES string of the molecule is CCC/C(I)=C(/C/C=C\c1ccccc1)CCC. The molecule has 0 fully saturated rings. The van der Waals surface area contributed by atoms with Crippen LogP contribution >= 0.6 is 22.6 Å². The van der Waals surface area contributed by atoms with Crippen LogP contribution in [0, 0.1) is 0 Å². The van der Waals surface area contributed by atoms with E-state index in [-0.39, 0.29) is 0 Å². The molecule has 0 amide bonds. The third-order valence-corrected chi connectivity index (χ3v) is 4.18. The minimum Gasteiger partial charge on any atom is -0.0798 e. The van der Waals surface area contributed by atoms with E-state index >= 15 is 0 Å². The number of benzene rings is 1. The van der Waals surface area contributed by atoms with Crippen molar-refractivity contribution in [3.05, 3.63) is 51.1 Å². The van der Waals surface area contributed by atoms with Crippen molar-refractivity contribution in [3.63, 3.8) is 0 Å². The van der Waals surface area contributed by atoms with Gasteiger partial charge < -0.3 is 0 Å². The lowest BCUT2D eigenvalue weighted by atomic mass is 10.0. The van der Waals surface area contributed by atoms with Crippen LogP contribution in [-0.2, 0) is 0 Å². The van der Waals surface area contributed by atoms with Crippen LogP contribution in [0.3, 0.4) is 0 Å². The van der Waals surface area contributed by atoms with Crippen molar-refractivity contribution < 1.29 is 0 Å². The molecular formula is C17H23I. The standard InChI is InChI=1S/C17H23I/c1-3-9-16(17(18)10-4-2)14-8-13-15-11-6-5-7-12-15/h5-8,11-13H,3-4,9-10,14H2,1-2H3/b13-8-,17-16-. The van der Waals surface area contributed by atoms with Crippen molar-refractivity contribution >= 4 is 28.7 Å². The highest BCUT2D eigenvalue weighted by Crippen LogP contribution is 2.25. The molecule has 0 heterocycles. The second-order valence-corrected chi connectivity index (χ2v) is 5.83. The fourth-order valence-corrected chi connectivity index (χ4v) is 2.98.